The number of nitro groups is 1. The predicted octanol–water partition coefficient (Wildman–Crippen LogP) is 1.74. The van der Waals surface area contributed by atoms with Crippen LogP contribution in [0.15, 0.2) is 18.2 Å². The number of nitro benzene ring substituents is 1. The Morgan fingerprint density at radius 1 is 1.45 bits per heavy atom. The molecule has 0 spiro atoms. The molecule has 1 amide bonds. The maximum atomic E-state index is 11.9. The number of hydrogen-bond donors (Lipinski definition) is 1. The molecule has 0 radical (unpaired) electrons. The Bertz CT molecular complexity index is 489. The summed E-state index contributed by atoms with van der Waals surface area (Å²) in [4.78, 5) is 23.8. The Balaban J connectivity index is 2.94. The Hall–Kier alpha value is -2.15. The molecule has 0 atom stereocenters. The van der Waals surface area contributed by atoms with Crippen LogP contribution in [0.4, 0.5) is 11.4 Å². The highest BCUT2D eigenvalue weighted by molar-refractivity contribution is 5.95. The minimum atomic E-state index is -0.479. The van der Waals surface area contributed by atoms with Crippen LogP contribution in [-0.2, 0) is 4.74 Å². The fourth-order valence-electron chi connectivity index (χ4n) is 1.63. The largest absolute Gasteiger partial charge is 0.380 e. The maximum absolute atomic E-state index is 11.9. The number of benzene rings is 1. The van der Waals surface area contributed by atoms with Gasteiger partial charge in [0.05, 0.1) is 11.5 Å². The third-order valence-electron chi connectivity index (χ3n) is 2.61. The van der Waals surface area contributed by atoms with Gasteiger partial charge in [0, 0.05) is 38.9 Å². The summed E-state index contributed by atoms with van der Waals surface area (Å²) in [5, 5.41) is 13.9. The molecule has 1 aromatic rings. The molecule has 0 heterocycles. The minimum absolute atomic E-state index is 0.0585. The number of amides is 1. The summed E-state index contributed by atoms with van der Waals surface area (Å²) >= 11 is 0. The van der Waals surface area contributed by atoms with E-state index in [0.29, 0.717) is 31.0 Å². The van der Waals surface area contributed by atoms with Gasteiger partial charge in [-0.2, -0.15) is 0 Å². The van der Waals surface area contributed by atoms with Crippen molar-refractivity contribution in [2.24, 2.45) is 0 Å². The molecule has 0 aliphatic carbocycles. The van der Waals surface area contributed by atoms with Crippen LogP contribution >= 0.6 is 0 Å². The molecule has 0 bridgehead atoms. The summed E-state index contributed by atoms with van der Waals surface area (Å²) in [6.45, 7) is 3.34. The van der Waals surface area contributed by atoms with Gasteiger partial charge in [0.1, 0.15) is 5.69 Å². The van der Waals surface area contributed by atoms with Gasteiger partial charge in [0.25, 0.3) is 11.6 Å². The summed E-state index contributed by atoms with van der Waals surface area (Å²) in [7, 11) is 3.26. The Morgan fingerprint density at radius 3 is 2.70 bits per heavy atom. The predicted molar refractivity (Wildman–Crippen MR) is 76.1 cm³/mol. The molecule has 0 saturated heterocycles. The van der Waals surface area contributed by atoms with Crippen LogP contribution in [0.2, 0.25) is 0 Å². The summed E-state index contributed by atoms with van der Waals surface area (Å²) in [5.41, 5.74) is 0.665. The Kier molecular flexibility index (Phi) is 5.92. The summed E-state index contributed by atoms with van der Waals surface area (Å²) < 4.78 is 5.16. The molecular weight excluding hydrogens is 262 g/mol. The standard InChI is InChI=1S/C13H19N3O4/c1-4-20-8-7-14-11-9-10(13(17)15(2)3)5-6-12(11)16(18)19/h5-6,9,14H,4,7-8H2,1-3H3. The van der Waals surface area contributed by atoms with Crippen LogP contribution in [0.5, 0.6) is 0 Å². The molecule has 1 rings (SSSR count). The monoisotopic (exact) mass is 281 g/mol. The molecular formula is C13H19N3O4. The average molecular weight is 281 g/mol. The van der Waals surface area contributed by atoms with Crippen molar-refractivity contribution in [1.82, 2.24) is 4.90 Å². The molecule has 0 fully saturated rings. The second kappa shape index (κ2) is 7.44. The zero-order chi connectivity index (χ0) is 15.1. The van der Waals surface area contributed by atoms with E-state index < -0.39 is 4.92 Å². The fraction of sp³-hybridized carbons (Fsp3) is 0.462. The van der Waals surface area contributed by atoms with Gasteiger partial charge in [0.15, 0.2) is 0 Å². The first-order valence-electron chi connectivity index (χ1n) is 6.29. The molecule has 1 aromatic carbocycles. The quantitative estimate of drug-likeness (QED) is 0.467. The number of hydrogen-bond acceptors (Lipinski definition) is 5. The van der Waals surface area contributed by atoms with Crippen LogP contribution in [0.3, 0.4) is 0 Å². The van der Waals surface area contributed by atoms with Crippen molar-refractivity contribution in [3.05, 3.63) is 33.9 Å². The average Bonchev–Trinajstić information content (AvgIpc) is 2.42. The van der Waals surface area contributed by atoms with Crippen molar-refractivity contribution in [2.45, 2.75) is 6.92 Å². The lowest BCUT2D eigenvalue weighted by Gasteiger charge is -2.12. The SMILES string of the molecule is CCOCCNc1cc(C(=O)N(C)C)ccc1[N+](=O)[O-]. The van der Waals surface area contributed by atoms with E-state index in [2.05, 4.69) is 5.32 Å². The van der Waals surface area contributed by atoms with E-state index in [0.717, 1.165) is 0 Å². The molecule has 110 valence electrons. The zero-order valence-corrected chi connectivity index (χ0v) is 11.9. The van der Waals surface area contributed by atoms with E-state index in [1.807, 2.05) is 6.92 Å². The van der Waals surface area contributed by atoms with Gasteiger partial charge in [-0.1, -0.05) is 0 Å². The van der Waals surface area contributed by atoms with Gasteiger partial charge in [-0.05, 0) is 19.1 Å². The number of carbonyl (C=O) groups excluding carboxylic acids is 1. The van der Waals surface area contributed by atoms with E-state index >= 15 is 0 Å². The highest BCUT2D eigenvalue weighted by Gasteiger charge is 2.17. The number of ether oxygens (including phenoxy) is 1. The molecule has 1 N–H and O–H groups in total. The topological polar surface area (TPSA) is 84.7 Å². The van der Waals surface area contributed by atoms with Crippen LogP contribution in [0.25, 0.3) is 0 Å². The van der Waals surface area contributed by atoms with Gasteiger partial charge in [-0.25, -0.2) is 0 Å². The van der Waals surface area contributed by atoms with Crippen molar-refractivity contribution in [3.8, 4) is 0 Å². The highest BCUT2D eigenvalue weighted by Crippen LogP contribution is 2.25. The normalized spacial score (nSPS) is 10.2. The lowest BCUT2D eigenvalue weighted by Crippen LogP contribution is -2.22. The first-order valence-corrected chi connectivity index (χ1v) is 6.29. The summed E-state index contributed by atoms with van der Waals surface area (Å²) in [5.74, 6) is -0.201. The van der Waals surface area contributed by atoms with E-state index in [9.17, 15) is 14.9 Å². The Morgan fingerprint density at radius 2 is 2.15 bits per heavy atom. The third kappa shape index (κ3) is 4.20. The van der Waals surface area contributed by atoms with Crippen LogP contribution in [0, 0.1) is 10.1 Å². The second-order valence-corrected chi connectivity index (χ2v) is 4.31. The van der Waals surface area contributed by atoms with Crippen molar-refractivity contribution in [3.63, 3.8) is 0 Å². The first-order chi connectivity index (χ1) is 9.47. The molecule has 0 saturated carbocycles. The molecule has 7 heteroatoms. The first kappa shape index (κ1) is 15.9. The van der Waals surface area contributed by atoms with Crippen molar-refractivity contribution < 1.29 is 14.5 Å². The minimum Gasteiger partial charge on any atom is -0.380 e. The maximum Gasteiger partial charge on any atom is 0.292 e. The number of nitrogens with one attached hydrogen (secondary N) is 1. The summed E-state index contributed by atoms with van der Waals surface area (Å²) in [6.07, 6.45) is 0. The van der Waals surface area contributed by atoms with Crippen LogP contribution in [0.1, 0.15) is 17.3 Å². The van der Waals surface area contributed by atoms with E-state index in [1.165, 1.54) is 23.1 Å². The van der Waals surface area contributed by atoms with Crippen LogP contribution < -0.4 is 5.32 Å². The fourth-order valence-corrected chi connectivity index (χ4v) is 1.63. The van der Waals surface area contributed by atoms with Gasteiger partial charge in [-0.3, -0.25) is 14.9 Å². The smallest absolute Gasteiger partial charge is 0.292 e. The molecule has 0 aliphatic heterocycles. The van der Waals surface area contributed by atoms with Crippen molar-refractivity contribution in [2.75, 3.05) is 39.2 Å². The summed E-state index contributed by atoms with van der Waals surface area (Å²) in [6, 6.07) is 4.28. The molecule has 20 heavy (non-hydrogen) atoms. The number of rotatable bonds is 7. The third-order valence-corrected chi connectivity index (χ3v) is 2.61. The number of nitrogens with zero attached hydrogens (tertiary/aromatic N) is 2. The number of anilines is 1. The Labute approximate surface area is 117 Å². The van der Waals surface area contributed by atoms with Gasteiger partial charge in [-0.15, -0.1) is 0 Å². The lowest BCUT2D eigenvalue weighted by molar-refractivity contribution is -0.384. The molecule has 0 aliphatic rings. The molecule has 0 unspecified atom stereocenters. The van der Waals surface area contributed by atoms with E-state index in [4.69, 9.17) is 4.74 Å². The van der Waals surface area contributed by atoms with Crippen molar-refractivity contribution >= 4 is 17.3 Å². The van der Waals surface area contributed by atoms with Crippen LogP contribution in [-0.4, -0.2) is 49.6 Å². The molecule has 0 aromatic heterocycles. The zero-order valence-electron chi connectivity index (χ0n) is 11.9. The lowest BCUT2D eigenvalue weighted by atomic mass is 10.1. The second-order valence-electron chi connectivity index (χ2n) is 4.31. The highest BCUT2D eigenvalue weighted by atomic mass is 16.6. The van der Waals surface area contributed by atoms with Gasteiger partial charge in [0.2, 0.25) is 0 Å². The molecule has 7 nitrogen and oxygen atoms in total. The van der Waals surface area contributed by atoms with E-state index in [1.54, 1.807) is 14.1 Å². The van der Waals surface area contributed by atoms with Gasteiger partial charge >= 0.3 is 0 Å². The van der Waals surface area contributed by atoms with E-state index in [-0.39, 0.29) is 11.6 Å². The van der Waals surface area contributed by atoms with Gasteiger partial charge < -0.3 is 15.0 Å². The van der Waals surface area contributed by atoms with Crippen molar-refractivity contribution in [1.29, 1.82) is 0 Å². The number of carbonyl (C=O) groups is 1.